The lowest BCUT2D eigenvalue weighted by molar-refractivity contribution is -0.0498. The molecule has 0 amide bonds. The molecule has 1 atom stereocenters. The summed E-state index contributed by atoms with van der Waals surface area (Å²) in [6, 6.07) is 6.44. The van der Waals surface area contributed by atoms with Gasteiger partial charge >= 0.3 is 6.61 Å². The molecule has 1 aromatic heterocycles. The average molecular weight is 296 g/mol. The molecule has 2 aromatic rings. The lowest BCUT2D eigenvalue weighted by Gasteiger charge is -2.24. The summed E-state index contributed by atoms with van der Waals surface area (Å²) in [5.74, 6) is 1.07. The first-order valence-electron chi connectivity index (χ1n) is 6.52. The summed E-state index contributed by atoms with van der Waals surface area (Å²) in [5, 5.41) is 16.5. The van der Waals surface area contributed by atoms with Gasteiger partial charge in [-0.3, -0.25) is 0 Å². The largest absolute Gasteiger partial charge is 0.435 e. The van der Waals surface area contributed by atoms with Gasteiger partial charge in [-0.05, 0) is 24.1 Å². The molecule has 0 saturated carbocycles. The zero-order valence-electron chi connectivity index (χ0n) is 11.0. The maximum atomic E-state index is 12.1. The zero-order chi connectivity index (χ0) is 14.8. The number of fused-ring (bicyclic) bond motifs is 1. The quantitative estimate of drug-likeness (QED) is 0.899. The molecule has 1 unspecified atom stereocenters. The standard InChI is InChI=1S/C13H14F2N4O2/c14-12(15)21-9-3-1-8(2-4-9)10-5-6-16-13-17-11(7-20)18-19(10)13/h1-4,10,12,20H,5-7H2,(H,16,17,18). The molecule has 0 aliphatic carbocycles. The highest BCUT2D eigenvalue weighted by Crippen LogP contribution is 2.29. The number of aliphatic hydroxyl groups excluding tert-OH is 1. The number of hydrogen-bond donors (Lipinski definition) is 2. The predicted molar refractivity (Wildman–Crippen MR) is 70.3 cm³/mol. The van der Waals surface area contributed by atoms with Crippen molar-refractivity contribution in [3.63, 3.8) is 0 Å². The van der Waals surface area contributed by atoms with Gasteiger partial charge in [0.25, 0.3) is 0 Å². The molecular weight excluding hydrogens is 282 g/mol. The molecule has 112 valence electrons. The summed E-state index contributed by atoms with van der Waals surface area (Å²) in [5.41, 5.74) is 0.925. The molecule has 0 bridgehead atoms. The van der Waals surface area contributed by atoms with E-state index < -0.39 is 6.61 Å². The third kappa shape index (κ3) is 2.80. The smallest absolute Gasteiger partial charge is 0.387 e. The van der Waals surface area contributed by atoms with Crippen molar-refractivity contribution in [1.82, 2.24) is 14.8 Å². The number of alkyl halides is 2. The van der Waals surface area contributed by atoms with Crippen LogP contribution in [0.2, 0.25) is 0 Å². The highest BCUT2D eigenvalue weighted by atomic mass is 19.3. The molecule has 2 heterocycles. The minimum absolute atomic E-state index is 0.0466. The third-order valence-corrected chi connectivity index (χ3v) is 3.30. The molecule has 8 heteroatoms. The second kappa shape index (κ2) is 5.65. The topological polar surface area (TPSA) is 72.2 Å². The number of nitrogens with one attached hydrogen (secondary N) is 1. The number of halogens is 2. The van der Waals surface area contributed by atoms with E-state index in [9.17, 15) is 8.78 Å². The van der Waals surface area contributed by atoms with Gasteiger partial charge in [-0.15, -0.1) is 0 Å². The first kappa shape index (κ1) is 13.7. The van der Waals surface area contributed by atoms with Gasteiger partial charge in [-0.1, -0.05) is 12.1 Å². The molecule has 0 radical (unpaired) electrons. The highest BCUT2D eigenvalue weighted by Gasteiger charge is 2.24. The van der Waals surface area contributed by atoms with Crippen LogP contribution in [0.3, 0.4) is 0 Å². The van der Waals surface area contributed by atoms with E-state index in [1.807, 2.05) is 0 Å². The van der Waals surface area contributed by atoms with Crippen LogP contribution in [-0.2, 0) is 6.61 Å². The zero-order valence-corrected chi connectivity index (χ0v) is 11.0. The molecule has 21 heavy (non-hydrogen) atoms. The fraction of sp³-hybridized carbons (Fsp3) is 0.385. The number of anilines is 1. The van der Waals surface area contributed by atoms with Crippen LogP contribution in [0, 0.1) is 0 Å². The van der Waals surface area contributed by atoms with Crippen LogP contribution < -0.4 is 10.1 Å². The van der Waals surface area contributed by atoms with Gasteiger partial charge in [-0.25, -0.2) is 4.68 Å². The van der Waals surface area contributed by atoms with Crippen molar-refractivity contribution < 1.29 is 18.6 Å². The van der Waals surface area contributed by atoms with Gasteiger partial charge in [0.1, 0.15) is 12.4 Å². The molecule has 0 fully saturated rings. The fourth-order valence-corrected chi connectivity index (χ4v) is 2.39. The van der Waals surface area contributed by atoms with Gasteiger partial charge in [-0.2, -0.15) is 18.9 Å². The summed E-state index contributed by atoms with van der Waals surface area (Å²) in [6.07, 6.45) is 0.788. The third-order valence-electron chi connectivity index (χ3n) is 3.30. The fourth-order valence-electron chi connectivity index (χ4n) is 2.39. The van der Waals surface area contributed by atoms with Crippen LogP contribution in [-0.4, -0.2) is 33.0 Å². The van der Waals surface area contributed by atoms with Gasteiger partial charge in [0.05, 0.1) is 6.04 Å². The van der Waals surface area contributed by atoms with Gasteiger partial charge in [0.15, 0.2) is 5.82 Å². The number of nitrogens with zero attached hydrogens (tertiary/aromatic N) is 3. The number of rotatable bonds is 4. The van der Waals surface area contributed by atoms with Crippen LogP contribution in [0.25, 0.3) is 0 Å². The molecule has 1 aromatic carbocycles. The van der Waals surface area contributed by atoms with E-state index in [0.717, 1.165) is 18.5 Å². The normalized spacial score (nSPS) is 17.4. The Hall–Kier alpha value is -2.22. The first-order chi connectivity index (χ1) is 10.2. The first-order valence-corrected chi connectivity index (χ1v) is 6.52. The van der Waals surface area contributed by atoms with Crippen molar-refractivity contribution in [2.24, 2.45) is 0 Å². The van der Waals surface area contributed by atoms with Crippen LogP contribution >= 0.6 is 0 Å². The highest BCUT2D eigenvalue weighted by molar-refractivity contribution is 5.35. The maximum Gasteiger partial charge on any atom is 0.387 e. The van der Waals surface area contributed by atoms with Gasteiger partial charge < -0.3 is 15.2 Å². The summed E-state index contributed by atoms with van der Waals surface area (Å²) in [6.45, 7) is -2.33. The Morgan fingerprint density at radius 3 is 2.81 bits per heavy atom. The molecule has 6 nitrogen and oxygen atoms in total. The molecule has 3 rings (SSSR count). The average Bonchev–Trinajstić information content (AvgIpc) is 2.90. The van der Waals surface area contributed by atoms with E-state index in [1.54, 1.807) is 16.8 Å². The lowest BCUT2D eigenvalue weighted by Crippen LogP contribution is -2.24. The van der Waals surface area contributed by atoms with E-state index in [4.69, 9.17) is 5.11 Å². The van der Waals surface area contributed by atoms with Crippen LogP contribution in [0.4, 0.5) is 14.7 Å². The van der Waals surface area contributed by atoms with Crippen LogP contribution in [0.5, 0.6) is 5.75 Å². The van der Waals surface area contributed by atoms with Crippen molar-refractivity contribution in [3.8, 4) is 5.75 Å². The van der Waals surface area contributed by atoms with Crippen LogP contribution in [0.15, 0.2) is 24.3 Å². The van der Waals surface area contributed by atoms with Crippen molar-refractivity contribution in [2.45, 2.75) is 25.7 Å². The molecular formula is C13H14F2N4O2. The summed E-state index contributed by atoms with van der Waals surface area (Å²) in [7, 11) is 0. The van der Waals surface area contributed by atoms with E-state index in [2.05, 4.69) is 20.1 Å². The molecule has 1 aliphatic heterocycles. The molecule has 2 N–H and O–H groups in total. The maximum absolute atomic E-state index is 12.1. The van der Waals surface area contributed by atoms with Crippen LogP contribution in [0.1, 0.15) is 23.9 Å². The minimum Gasteiger partial charge on any atom is -0.435 e. The number of hydrogen-bond acceptors (Lipinski definition) is 5. The second-order valence-electron chi connectivity index (χ2n) is 4.63. The predicted octanol–water partition coefficient (Wildman–Crippen LogP) is 1.78. The Balaban J connectivity index is 1.86. The van der Waals surface area contributed by atoms with Gasteiger partial charge in [0.2, 0.25) is 5.95 Å². The number of benzene rings is 1. The molecule has 1 aliphatic rings. The number of aromatic nitrogens is 3. The van der Waals surface area contributed by atoms with E-state index in [1.165, 1.54) is 12.1 Å². The Labute approximate surface area is 119 Å². The monoisotopic (exact) mass is 296 g/mol. The molecule has 0 spiro atoms. The lowest BCUT2D eigenvalue weighted by atomic mass is 10.0. The van der Waals surface area contributed by atoms with E-state index in [0.29, 0.717) is 11.8 Å². The SMILES string of the molecule is OCc1nc2n(n1)C(c1ccc(OC(F)F)cc1)CCN2. The Morgan fingerprint density at radius 2 is 2.14 bits per heavy atom. The van der Waals surface area contributed by atoms with Crippen molar-refractivity contribution in [3.05, 3.63) is 35.7 Å². The number of ether oxygens (including phenoxy) is 1. The Morgan fingerprint density at radius 1 is 1.38 bits per heavy atom. The Kier molecular flexibility index (Phi) is 3.70. The summed E-state index contributed by atoms with van der Waals surface area (Å²) < 4.78 is 30.3. The summed E-state index contributed by atoms with van der Waals surface area (Å²) >= 11 is 0. The van der Waals surface area contributed by atoms with Gasteiger partial charge in [0, 0.05) is 6.54 Å². The minimum atomic E-state index is -2.83. The number of aliphatic hydroxyl groups is 1. The van der Waals surface area contributed by atoms with Crippen molar-refractivity contribution >= 4 is 5.95 Å². The van der Waals surface area contributed by atoms with Crippen molar-refractivity contribution in [1.29, 1.82) is 0 Å². The Bertz CT molecular complexity index is 615. The van der Waals surface area contributed by atoms with Crippen molar-refractivity contribution in [2.75, 3.05) is 11.9 Å². The summed E-state index contributed by atoms with van der Waals surface area (Å²) in [4.78, 5) is 4.17. The molecule has 0 saturated heterocycles. The second-order valence-corrected chi connectivity index (χ2v) is 4.63. The van der Waals surface area contributed by atoms with E-state index >= 15 is 0 Å². The van der Waals surface area contributed by atoms with E-state index in [-0.39, 0.29) is 18.4 Å².